The SMILES string of the molecule is Cc1ccc(CNC(=O)NCC(=O)N(C)CC(=O)Nc2ccccc2C(F)(F)F)cc1. The molecular weight excluding hydrogens is 413 g/mol. The predicted octanol–water partition coefficient (Wildman–Crippen LogP) is 2.91. The average Bonchev–Trinajstić information content (AvgIpc) is 2.71. The highest BCUT2D eigenvalue weighted by molar-refractivity contribution is 5.95. The van der Waals surface area contributed by atoms with E-state index in [0.717, 1.165) is 28.2 Å². The van der Waals surface area contributed by atoms with Gasteiger partial charge in [-0.1, -0.05) is 42.0 Å². The van der Waals surface area contributed by atoms with Crippen molar-refractivity contribution in [2.45, 2.75) is 19.6 Å². The molecule has 0 aliphatic carbocycles. The summed E-state index contributed by atoms with van der Waals surface area (Å²) in [7, 11) is 1.31. The Morgan fingerprint density at radius 3 is 2.26 bits per heavy atom. The van der Waals surface area contributed by atoms with Crippen molar-refractivity contribution in [2.24, 2.45) is 0 Å². The number of hydrogen-bond acceptors (Lipinski definition) is 3. The molecule has 0 aliphatic rings. The fraction of sp³-hybridized carbons (Fsp3) is 0.286. The second-order valence-corrected chi connectivity index (χ2v) is 6.86. The quantitative estimate of drug-likeness (QED) is 0.624. The van der Waals surface area contributed by atoms with Gasteiger partial charge in [0.2, 0.25) is 11.8 Å². The van der Waals surface area contributed by atoms with Gasteiger partial charge in [-0.2, -0.15) is 13.2 Å². The number of nitrogens with one attached hydrogen (secondary N) is 3. The van der Waals surface area contributed by atoms with E-state index < -0.39 is 41.8 Å². The van der Waals surface area contributed by atoms with Gasteiger partial charge in [0.05, 0.1) is 24.3 Å². The number of benzene rings is 2. The molecule has 0 unspecified atom stereocenters. The Morgan fingerprint density at radius 1 is 0.968 bits per heavy atom. The number of nitrogens with zero attached hydrogens (tertiary/aromatic N) is 1. The molecule has 0 spiro atoms. The van der Waals surface area contributed by atoms with Crippen molar-refractivity contribution in [1.82, 2.24) is 15.5 Å². The van der Waals surface area contributed by atoms with E-state index in [9.17, 15) is 27.6 Å². The van der Waals surface area contributed by atoms with Crippen molar-refractivity contribution >= 4 is 23.5 Å². The minimum atomic E-state index is -4.62. The number of halogens is 3. The van der Waals surface area contributed by atoms with Crippen molar-refractivity contribution in [1.29, 1.82) is 0 Å². The predicted molar refractivity (Wildman–Crippen MR) is 109 cm³/mol. The number of amides is 4. The molecule has 0 atom stereocenters. The van der Waals surface area contributed by atoms with Crippen LogP contribution in [0, 0.1) is 6.92 Å². The summed E-state index contributed by atoms with van der Waals surface area (Å²) >= 11 is 0. The lowest BCUT2D eigenvalue weighted by Crippen LogP contribution is -2.44. The Kier molecular flexibility index (Phi) is 8.00. The first kappa shape index (κ1) is 23.7. The fourth-order valence-corrected chi connectivity index (χ4v) is 2.57. The molecule has 3 N–H and O–H groups in total. The second-order valence-electron chi connectivity index (χ2n) is 6.86. The van der Waals surface area contributed by atoms with Gasteiger partial charge in [-0.3, -0.25) is 9.59 Å². The molecule has 0 saturated carbocycles. The molecule has 4 amide bonds. The Balaban J connectivity index is 1.78. The van der Waals surface area contributed by atoms with Gasteiger partial charge in [0.25, 0.3) is 0 Å². The van der Waals surface area contributed by atoms with Gasteiger partial charge in [0.1, 0.15) is 0 Å². The standard InChI is InChI=1S/C21H23F3N4O3/c1-14-7-9-15(10-8-14)11-25-20(31)26-12-19(30)28(2)13-18(29)27-17-6-4-3-5-16(17)21(22,23)24/h3-10H,11-13H2,1-2H3,(H,27,29)(H2,25,26,31). The Morgan fingerprint density at radius 2 is 1.61 bits per heavy atom. The number of hydrogen-bond donors (Lipinski definition) is 3. The maximum Gasteiger partial charge on any atom is 0.418 e. The first-order valence-corrected chi connectivity index (χ1v) is 9.33. The summed E-state index contributed by atoms with van der Waals surface area (Å²) in [4.78, 5) is 37.0. The maximum atomic E-state index is 13.0. The van der Waals surface area contributed by atoms with Crippen molar-refractivity contribution in [3.8, 4) is 0 Å². The summed E-state index contributed by atoms with van der Waals surface area (Å²) in [6.07, 6.45) is -4.62. The molecular formula is C21H23F3N4O3. The number of carbonyl (C=O) groups is 3. The number of urea groups is 1. The van der Waals surface area contributed by atoms with Crippen LogP contribution in [0.25, 0.3) is 0 Å². The van der Waals surface area contributed by atoms with Crippen LogP contribution in [0.2, 0.25) is 0 Å². The highest BCUT2D eigenvalue weighted by atomic mass is 19.4. The Labute approximate surface area is 177 Å². The molecule has 0 heterocycles. The monoisotopic (exact) mass is 436 g/mol. The molecule has 0 radical (unpaired) electrons. The van der Waals surface area contributed by atoms with E-state index in [1.807, 2.05) is 31.2 Å². The van der Waals surface area contributed by atoms with E-state index >= 15 is 0 Å². The van der Waals surface area contributed by atoms with Gasteiger partial charge in [-0.15, -0.1) is 0 Å². The van der Waals surface area contributed by atoms with Crippen molar-refractivity contribution in [2.75, 3.05) is 25.5 Å². The van der Waals surface area contributed by atoms with Crippen LogP contribution in [0.4, 0.5) is 23.7 Å². The second kappa shape index (κ2) is 10.5. The molecule has 2 aromatic rings. The maximum absolute atomic E-state index is 13.0. The van der Waals surface area contributed by atoms with Crippen LogP contribution in [0.15, 0.2) is 48.5 Å². The van der Waals surface area contributed by atoms with Gasteiger partial charge >= 0.3 is 12.2 Å². The van der Waals surface area contributed by atoms with E-state index in [4.69, 9.17) is 0 Å². The molecule has 0 saturated heterocycles. The van der Waals surface area contributed by atoms with Crippen LogP contribution in [0.3, 0.4) is 0 Å². The number of rotatable bonds is 7. The Hall–Kier alpha value is -3.56. The third-order valence-corrected chi connectivity index (χ3v) is 4.29. The number of anilines is 1. The van der Waals surface area contributed by atoms with Gasteiger partial charge in [-0.05, 0) is 24.6 Å². The van der Waals surface area contributed by atoms with E-state index in [-0.39, 0.29) is 13.1 Å². The molecule has 166 valence electrons. The largest absolute Gasteiger partial charge is 0.418 e. The van der Waals surface area contributed by atoms with Crippen molar-refractivity contribution in [3.05, 3.63) is 65.2 Å². The summed E-state index contributed by atoms with van der Waals surface area (Å²) < 4.78 is 39.0. The Bertz CT molecular complexity index is 930. The third-order valence-electron chi connectivity index (χ3n) is 4.29. The molecule has 0 fully saturated rings. The normalized spacial score (nSPS) is 10.9. The first-order valence-electron chi connectivity index (χ1n) is 9.33. The van der Waals surface area contributed by atoms with Crippen LogP contribution in [-0.2, 0) is 22.3 Å². The number of para-hydroxylation sites is 1. The van der Waals surface area contributed by atoms with Crippen LogP contribution < -0.4 is 16.0 Å². The molecule has 7 nitrogen and oxygen atoms in total. The topological polar surface area (TPSA) is 90.5 Å². The molecule has 0 bridgehead atoms. The molecule has 0 aromatic heterocycles. The lowest BCUT2D eigenvalue weighted by Gasteiger charge is -2.18. The zero-order valence-corrected chi connectivity index (χ0v) is 17.0. The van der Waals surface area contributed by atoms with Crippen LogP contribution in [0.1, 0.15) is 16.7 Å². The lowest BCUT2D eigenvalue weighted by molar-refractivity contribution is -0.137. The summed E-state index contributed by atoms with van der Waals surface area (Å²) in [6, 6.07) is 11.5. The highest BCUT2D eigenvalue weighted by Crippen LogP contribution is 2.34. The zero-order valence-electron chi connectivity index (χ0n) is 17.0. The third kappa shape index (κ3) is 7.65. The summed E-state index contributed by atoms with van der Waals surface area (Å²) in [6.45, 7) is 1.37. The fourth-order valence-electron chi connectivity index (χ4n) is 2.57. The van der Waals surface area contributed by atoms with Crippen molar-refractivity contribution in [3.63, 3.8) is 0 Å². The molecule has 0 aliphatic heterocycles. The number of likely N-dealkylation sites (N-methyl/N-ethyl adjacent to an activating group) is 1. The molecule has 10 heteroatoms. The molecule has 2 aromatic carbocycles. The van der Waals surface area contributed by atoms with E-state index in [2.05, 4.69) is 16.0 Å². The first-order chi connectivity index (χ1) is 14.6. The lowest BCUT2D eigenvalue weighted by atomic mass is 10.1. The van der Waals surface area contributed by atoms with Gasteiger partial charge in [0, 0.05) is 13.6 Å². The minimum Gasteiger partial charge on any atom is -0.335 e. The molecule has 31 heavy (non-hydrogen) atoms. The number of aryl methyl sites for hydroxylation is 1. The van der Waals surface area contributed by atoms with Gasteiger partial charge in [0.15, 0.2) is 0 Å². The molecule has 2 rings (SSSR count). The highest BCUT2D eigenvalue weighted by Gasteiger charge is 2.33. The number of alkyl halides is 3. The zero-order chi connectivity index (χ0) is 23.0. The van der Waals surface area contributed by atoms with Gasteiger partial charge < -0.3 is 20.9 Å². The van der Waals surface area contributed by atoms with Crippen LogP contribution in [-0.4, -0.2) is 42.9 Å². The summed E-state index contributed by atoms with van der Waals surface area (Å²) in [5, 5.41) is 7.13. The minimum absolute atomic E-state index is 0.275. The smallest absolute Gasteiger partial charge is 0.335 e. The summed E-state index contributed by atoms with van der Waals surface area (Å²) in [5.41, 5.74) is 0.603. The van der Waals surface area contributed by atoms with E-state index in [1.54, 1.807) is 0 Å². The van der Waals surface area contributed by atoms with E-state index in [1.165, 1.54) is 19.2 Å². The average molecular weight is 436 g/mol. The van der Waals surface area contributed by atoms with Gasteiger partial charge in [-0.25, -0.2) is 4.79 Å². The summed E-state index contributed by atoms with van der Waals surface area (Å²) in [5.74, 6) is -1.37. The van der Waals surface area contributed by atoms with E-state index in [0.29, 0.717) is 0 Å². The number of carbonyl (C=O) groups excluding carboxylic acids is 3. The van der Waals surface area contributed by atoms with Crippen molar-refractivity contribution < 1.29 is 27.6 Å². The van der Waals surface area contributed by atoms with Crippen LogP contribution >= 0.6 is 0 Å². The van der Waals surface area contributed by atoms with Crippen LogP contribution in [0.5, 0.6) is 0 Å².